The fourth-order valence-corrected chi connectivity index (χ4v) is 4.85. The zero-order valence-electron chi connectivity index (χ0n) is 18.3. The van der Waals surface area contributed by atoms with Crippen LogP contribution in [0.2, 0.25) is 0 Å². The van der Waals surface area contributed by atoms with Crippen molar-refractivity contribution < 1.29 is 31.2 Å². The molecule has 3 aromatic rings. The van der Waals surface area contributed by atoms with E-state index in [-0.39, 0.29) is 34.6 Å². The lowest BCUT2D eigenvalue weighted by molar-refractivity contribution is -0.147. The molecule has 0 spiro atoms. The molecule has 0 saturated carbocycles. The van der Waals surface area contributed by atoms with Crippen molar-refractivity contribution in [1.82, 2.24) is 24.7 Å². The summed E-state index contributed by atoms with van der Waals surface area (Å²) in [6.45, 7) is 3.09. The number of imidazole rings is 1. The second-order valence-corrected chi connectivity index (χ2v) is 9.07. The maximum absolute atomic E-state index is 13.4. The number of amides is 2. The quantitative estimate of drug-likeness (QED) is 0.487. The van der Waals surface area contributed by atoms with E-state index < -0.39 is 40.4 Å². The topological polar surface area (TPSA) is 113 Å². The molecule has 0 aliphatic carbocycles. The summed E-state index contributed by atoms with van der Waals surface area (Å²) < 4.78 is 67.4. The molecule has 1 aromatic heterocycles. The molecule has 1 heterocycles. The van der Waals surface area contributed by atoms with Gasteiger partial charge in [-0.25, -0.2) is 13.4 Å². The number of nitrogens with zero attached hydrogens (tertiary/aromatic N) is 3. The molecule has 0 saturated heterocycles. The minimum atomic E-state index is -4.79. The molecule has 34 heavy (non-hydrogen) atoms. The smallest absolute Gasteiger partial charge is 0.311 e. The molecular formula is C21H22F3N5O4S. The second-order valence-electron chi connectivity index (χ2n) is 7.13. The van der Waals surface area contributed by atoms with Crippen molar-refractivity contribution in [2.75, 3.05) is 13.1 Å². The zero-order chi connectivity index (χ0) is 25.1. The van der Waals surface area contributed by atoms with Gasteiger partial charge in [-0.2, -0.15) is 17.5 Å². The van der Waals surface area contributed by atoms with Gasteiger partial charge in [-0.1, -0.05) is 32.0 Å². The summed E-state index contributed by atoms with van der Waals surface area (Å²) in [6.07, 6.45) is -4.79. The Hall–Kier alpha value is -3.45. The minimum absolute atomic E-state index is 0.0578. The number of hydrogen-bond donors (Lipinski definition) is 2. The number of alkyl halides is 3. The number of nitrogens with one attached hydrogen (secondary N) is 2. The Bertz CT molecular complexity index is 1320. The first-order valence-corrected chi connectivity index (χ1v) is 11.6. The lowest BCUT2D eigenvalue weighted by Gasteiger charge is -2.18. The Kier molecular flexibility index (Phi) is 7.26. The second kappa shape index (κ2) is 9.81. The Balaban J connectivity index is 1.74. The summed E-state index contributed by atoms with van der Waals surface area (Å²) in [6, 6.07) is 11.0. The third-order valence-corrected chi connectivity index (χ3v) is 7.01. The van der Waals surface area contributed by atoms with E-state index in [1.807, 2.05) is 0 Å². The van der Waals surface area contributed by atoms with E-state index in [0.29, 0.717) is 4.57 Å². The monoisotopic (exact) mass is 497 g/mol. The highest BCUT2D eigenvalue weighted by Crippen LogP contribution is 2.31. The molecule has 0 aliphatic rings. The number of para-hydroxylation sites is 2. The van der Waals surface area contributed by atoms with E-state index in [9.17, 15) is 31.2 Å². The van der Waals surface area contributed by atoms with Crippen molar-refractivity contribution >= 4 is 32.9 Å². The minimum Gasteiger partial charge on any atom is -0.311 e. The van der Waals surface area contributed by atoms with Crippen LogP contribution in [0.4, 0.5) is 13.2 Å². The number of hydrogen-bond acceptors (Lipinski definition) is 5. The molecule has 0 unspecified atom stereocenters. The normalized spacial score (nSPS) is 12.2. The van der Waals surface area contributed by atoms with Crippen LogP contribution >= 0.6 is 0 Å². The van der Waals surface area contributed by atoms with Gasteiger partial charge >= 0.3 is 6.18 Å². The Labute approximate surface area is 193 Å². The van der Waals surface area contributed by atoms with Crippen LogP contribution in [0.15, 0.2) is 53.4 Å². The number of carbonyl (C=O) groups excluding carboxylic acids is 2. The van der Waals surface area contributed by atoms with Crippen molar-refractivity contribution in [2.24, 2.45) is 0 Å². The van der Waals surface area contributed by atoms with E-state index in [1.54, 1.807) is 13.8 Å². The van der Waals surface area contributed by atoms with Crippen LogP contribution in [0.25, 0.3) is 11.0 Å². The number of rotatable bonds is 7. The van der Waals surface area contributed by atoms with Gasteiger partial charge in [-0.3, -0.25) is 20.4 Å². The number of hydrazine groups is 1. The number of fused-ring (bicyclic) bond motifs is 1. The van der Waals surface area contributed by atoms with Gasteiger partial charge in [0, 0.05) is 18.7 Å². The molecule has 0 radical (unpaired) electrons. The number of benzene rings is 2. The average Bonchev–Trinajstić information content (AvgIpc) is 3.17. The van der Waals surface area contributed by atoms with Crippen LogP contribution < -0.4 is 10.9 Å². The standard InChI is InChI=1S/C21H22F3N5O4S/c1-3-28(4-2)34(32,33)15-9-7-8-14(12-15)19(31)27-26-18(30)13-29-17-11-6-5-10-16(17)25-20(29)21(22,23)24/h5-12H,3-4,13H2,1-2H3,(H,26,30)(H,27,31). The molecule has 0 bridgehead atoms. The SMILES string of the molecule is CCN(CC)S(=O)(=O)c1cccc(C(=O)NNC(=O)Cn2c(C(F)(F)F)nc3ccccc32)c1. The molecule has 9 nitrogen and oxygen atoms in total. The highest BCUT2D eigenvalue weighted by atomic mass is 32.2. The third kappa shape index (κ3) is 5.20. The molecular weight excluding hydrogens is 475 g/mol. The van der Waals surface area contributed by atoms with Gasteiger partial charge < -0.3 is 4.57 Å². The van der Waals surface area contributed by atoms with Crippen LogP contribution in [0.5, 0.6) is 0 Å². The Morgan fingerprint density at radius 2 is 1.71 bits per heavy atom. The summed E-state index contributed by atoms with van der Waals surface area (Å²) in [7, 11) is -3.81. The molecule has 0 fully saturated rings. The predicted octanol–water partition coefficient (Wildman–Crippen LogP) is 2.55. The summed E-state index contributed by atoms with van der Waals surface area (Å²) in [5.74, 6) is -3.02. The van der Waals surface area contributed by atoms with Gasteiger partial charge in [0.15, 0.2) is 0 Å². The first-order valence-electron chi connectivity index (χ1n) is 10.2. The largest absolute Gasteiger partial charge is 0.449 e. The predicted molar refractivity (Wildman–Crippen MR) is 117 cm³/mol. The highest BCUT2D eigenvalue weighted by molar-refractivity contribution is 7.89. The van der Waals surface area contributed by atoms with Gasteiger partial charge in [-0.05, 0) is 30.3 Å². The fraction of sp³-hybridized carbons (Fsp3) is 0.286. The number of aromatic nitrogens is 2. The Morgan fingerprint density at radius 1 is 1.03 bits per heavy atom. The van der Waals surface area contributed by atoms with Gasteiger partial charge in [0.05, 0.1) is 15.9 Å². The van der Waals surface area contributed by atoms with Crippen molar-refractivity contribution in [3.8, 4) is 0 Å². The summed E-state index contributed by atoms with van der Waals surface area (Å²) in [4.78, 5) is 28.2. The van der Waals surface area contributed by atoms with Crippen molar-refractivity contribution in [2.45, 2.75) is 31.5 Å². The van der Waals surface area contributed by atoms with Crippen LogP contribution in [0, 0.1) is 0 Å². The molecule has 3 rings (SSSR count). The molecule has 0 atom stereocenters. The van der Waals surface area contributed by atoms with Gasteiger partial charge in [0.2, 0.25) is 15.8 Å². The number of sulfonamides is 1. The van der Waals surface area contributed by atoms with Crippen molar-refractivity contribution in [3.05, 3.63) is 59.9 Å². The summed E-state index contributed by atoms with van der Waals surface area (Å²) >= 11 is 0. The number of carbonyl (C=O) groups is 2. The molecule has 0 aliphatic heterocycles. The van der Waals surface area contributed by atoms with Crippen molar-refractivity contribution in [3.63, 3.8) is 0 Å². The first kappa shape index (κ1) is 25.2. The molecule has 13 heteroatoms. The maximum atomic E-state index is 13.4. The highest BCUT2D eigenvalue weighted by Gasteiger charge is 2.38. The lowest BCUT2D eigenvalue weighted by atomic mass is 10.2. The molecule has 2 amide bonds. The van der Waals surface area contributed by atoms with Crippen molar-refractivity contribution in [1.29, 1.82) is 0 Å². The summed E-state index contributed by atoms with van der Waals surface area (Å²) in [5.41, 5.74) is 4.26. The third-order valence-electron chi connectivity index (χ3n) is 4.96. The summed E-state index contributed by atoms with van der Waals surface area (Å²) in [5, 5.41) is 0. The first-order chi connectivity index (χ1) is 16.0. The molecule has 182 valence electrons. The van der Waals surface area contributed by atoms with Crippen LogP contribution in [0.1, 0.15) is 30.0 Å². The number of halogens is 3. The van der Waals surface area contributed by atoms with Crippen LogP contribution in [-0.4, -0.2) is 47.2 Å². The maximum Gasteiger partial charge on any atom is 0.449 e. The molecule has 2 aromatic carbocycles. The Morgan fingerprint density at radius 3 is 2.35 bits per heavy atom. The zero-order valence-corrected chi connectivity index (χ0v) is 19.1. The van der Waals surface area contributed by atoms with E-state index in [2.05, 4.69) is 15.8 Å². The van der Waals surface area contributed by atoms with Crippen LogP contribution in [-0.2, 0) is 27.5 Å². The van der Waals surface area contributed by atoms with Gasteiger partial charge in [-0.15, -0.1) is 0 Å². The lowest BCUT2D eigenvalue weighted by Crippen LogP contribution is -2.43. The fourth-order valence-electron chi connectivity index (χ4n) is 3.34. The van der Waals surface area contributed by atoms with Gasteiger partial charge in [0.25, 0.3) is 11.8 Å². The van der Waals surface area contributed by atoms with E-state index in [0.717, 1.165) is 6.07 Å². The van der Waals surface area contributed by atoms with Gasteiger partial charge in [0.1, 0.15) is 6.54 Å². The van der Waals surface area contributed by atoms with E-state index in [1.165, 1.54) is 46.8 Å². The average molecular weight is 497 g/mol. The molecule has 2 N–H and O–H groups in total. The van der Waals surface area contributed by atoms with Crippen LogP contribution in [0.3, 0.4) is 0 Å². The van der Waals surface area contributed by atoms with E-state index >= 15 is 0 Å². The van der Waals surface area contributed by atoms with E-state index in [4.69, 9.17) is 0 Å².